The van der Waals surface area contributed by atoms with Crippen LogP contribution in [-0.4, -0.2) is 22.0 Å². The van der Waals surface area contributed by atoms with Crippen molar-refractivity contribution in [1.29, 1.82) is 0 Å². The number of fused-ring (bicyclic) bond motifs is 1. The van der Waals surface area contributed by atoms with Crippen LogP contribution in [-0.2, 0) is 13.0 Å². The highest BCUT2D eigenvalue weighted by Gasteiger charge is 2.24. The molecule has 2 rings (SSSR count). The van der Waals surface area contributed by atoms with E-state index in [0.29, 0.717) is 5.54 Å². The highest BCUT2D eigenvalue weighted by molar-refractivity contribution is 5.22. The van der Waals surface area contributed by atoms with Crippen molar-refractivity contribution in [1.82, 2.24) is 9.88 Å². The Morgan fingerprint density at radius 3 is 2.86 bits per heavy atom. The number of aromatic amines is 1. The van der Waals surface area contributed by atoms with Crippen LogP contribution >= 0.6 is 0 Å². The molecule has 1 aromatic rings. The quantitative estimate of drug-likeness (QED) is 0.669. The van der Waals surface area contributed by atoms with Crippen LogP contribution in [0.2, 0.25) is 0 Å². The van der Waals surface area contributed by atoms with Crippen LogP contribution in [0.25, 0.3) is 0 Å². The fourth-order valence-corrected chi connectivity index (χ4v) is 2.12. The number of aryl methyl sites for hydroxylation is 1. The molecule has 0 amide bonds. The van der Waals surface area contributed by atoms with E-state index in [1.165, 1.54) is 30.6 Å². The zero-order chi connectivity index (χ0) is 10.2. The maximum atomic E-state index is 3.34. The maximum absolute atomic E-state index is 3.34. The smallest absolute Gasteiger partial charge is 0.0256 e. The van der Waals surface area contributed by atoms with Crippen molar-refractivity contribution in [2.75, 3.05) is 6.54 Å². The van der Waals surface area contributed by atoms with Crippen molar-refractivity contribution in [3.05, 3.63) is 23.5 Å². The van der Waals surface area contributed by atoms with Gasteiger partial charge >= 0.3 is 0 Å². The molecule has 0 radical (unpaired) electrons. The van der Waals surface area contributed by atoms with Gasteiger partial charge in [0, 0.05) is 24.0 Å². The van der Waals surface area contributed by atoms with Gasteiger partial charge in [-0.25, -0.2) is 0 Å². The molecule has 0 atom stereocenters. The van der Waals surface area contributed by atoms with Crippen LogP contribution in [0.15, 0.2) is 12.3 Å². The molecule has 0 saturated carbocycles. The van der Waals surface area contributed by atoms with Gasteiger partial charge in [0.05, 0.1) is 0 Å². The summed E-state index contributed by atoms with van der Waals surface area (Å²) in [5, 5.41) is 0. The summed E-state index contributed by atoms with van der Waals surface area (Å²) in [6, 6.07) is 2.22. The summed E-state index contributed by atoms with van der Waals surface area (Å²) < 4.78 is 0. The second kappa shape index (κ2) is 3.43. The van der Waals surface area contributed by atoms with Crippen molar-refractivity contribution in [2.24, 2.45) is 0 Å². The Bertz CT molecular complexity index is 306. The molecule has 1 aromatic heterocycles. The molecule has 78 valence electrons. The molecule has 14 heavy (non-hydrogen) atoms. The van der Waals surface area contributed by atoms with E-state index >= 15 is 0 Å². The molecule has 2 heteroatoms. The minimum Gasteiger partial charge on any atom is -0.365 e. The summed E-state index contributed by atoms with van der Waals surface area (Å²) >= 11 is 0. The van der Waals surface area contributed by atoms with Gasteiger partial charge in [-0.15, -0.1) is 0 Å². The van der Waals surface area contributed by atoms with E-state index in [1.807, 2.05) is 0 Å². The van der Waals surface area contributed by atoms with Crippen molar-refractivity contribution in [3.63, 3.8) is 0 Å². The summed E-state index contributed by atoms with van der Waals surface area (Å²) in [7, 11) is 0. The largest absolute Gasteiger partial charge is 0.365 e. The Kier molecular flexibility index (Phi) is 2.40. The molecule has 1 N–H and O–H groups in total. The summed E-state index contributed by atoms with van der Waals surface area (Å²) in [6.07, 6.45) is 4.54. The molecule has 0 fully saturated rings. The Labute approximate surface area is 86.3 Å². The Balaban J connectivity index is 2.20. The molecule has 2 nitrogen and oxygen atoms in total. The van der Waals surface area contributed by atoms with Gasteiger partial charge in [0.25, 0.3) is 0 Å². The van der Waals surface area contributed by atoms with E-state index in [1.54, 1.807) is 0 Å². The van der Waals surface area contributed by atoms with Gasteiger partial charge in [-0.3, -0.25) is 4.90 Å². The predicted octanol–water partition coefficient (Wildman–Crippen LogP) is 2.56. The van der Waals surface area contributed by atoms with Crippen LogP contribution < -0.4 is 0 Å². The van der Waals surface area contributed by atoms with Crippen molar-refractivity contribution in [2.45, 2.75) is 45.7 Å². The molecule has 0 aromatic carbocycles. The van der Waals surface area contributed by atoms with Gasteiger partial charge < -0.3 is 4.98 Å². The number of hydrogen-bond donors (Lipinski definition) is 1. The van der Waals surface area contributed by atoms with Crippen LogP contribution in [0.3, 0.4) is 0 Å². The summed E-state index contributed by atoms with van der Waals surface area (Å²) in [6.45, 7) is 9.20. The standard InChI is InChI=1S/C12H20N2/c1-12(2,3)14-8-4-5-11-10(9-14)6-7-13-11/h6-7,13H,4-5,8-9H2,1-3H3. The first kappa shape index (κ1) is 9.78. The third kappa shape index (κ3) is 1.85. The second-order valence-corrected chi connectivity index (χ2v) is 5.18. The van der Waals surface area contributed by atoms with Crippen LogP contribution in [0.4, 0.5) is 0 Å². The van der Waals surface area contributed by atoms with E-state index in [-0.39, 0.29) is 0 Å². The topological polar surface area (TPSA) is 19.0 Å². The lowest BCUT2D eigenvalue weighted by Crippen LogP contribution is -2.40. The SMILES string of the molecule is CC(C)(C)N1CCCc2[nH]ccc2C1. The molecule has 2 heterocycles. The molecule has 0 aliphatic carbocycles. The van der Waals surface area contributed by atoms with E-state index in [2.05, 4.69) is 42.9 Å². The fraction of sp³-hybridized carbons (Fsp3) is 0.667. The molecular formula is C12H20N2. The highest BCUT2D eigenvalue weighted by Crippen LogP contribution is 2.23. The number of rotatable bonds is 0. The molecule has 0 bridgehead atoms. The lowest BCUT2D eigenvalue weighted by molar-refractivity contribution is 0.130. The average Bonchev–Trinajstić information content (AvgIpc) is 2.41. The average molecular weight is 192 g/mol. The third-order valence-corrected chi connectivity index (χ3v) is 3.09. The minimum atomic E-state index is 0.291. The van der Waals surface area contributed by atoms with Crippen molar-refractivity contribution in [3.8, 4) is 0 Å². The summed E-state index contributed by atoms with van der Waals surface area (Å²) in [5.41, 5.74) is 3.22. The van der Waals surface area contributed by atoms with Crippen LogP contribution in [0.5, 0.6) is 0 Å². The Morgan fingerprint density at radius 1 is 1.36 bits per heavy atom. The van der Waals surface area contributed by atoms with E-state index < -0.39 is 0 Å². The van der Waals surface area contributed by atoms with Crippen LogP contribution in [0, 0.1) is 0 Å². The Morgan fingerprint density at radius 2 is 2.14 bits per heavy atom. The summed E-state index contributed by atoms with van der Waals surface area (Å²) in [4.78, 5) is 5.91. The molecule has 1 aliphatic heterocycles. The first-order valence-electron chi connectivity index (χ1n) is 5.47. The maximum Gasteiger partial charge on any atom is 0.0256 e. The van der Waals surface area contributed by atoms with Gasteiger partial charge in [-0.2, -0.15) is 0 Å². The van der Waals surface area contributed by atoms with Gasteiger partial charge in [-0.1, -0.05) is 0 Å². The number of aromatic nitrogens is 1. The zero-order valence-corrected chi connectivity index (χ0v) is 9.43. The number of nitrogens with one attached hydrogen (secondary N) is 1. The lowest BCUT2D eigenvalue weighted by Gasteiger charge is -2.34. The van der Waals surface area contributed by atoms with E-state index in [9.17, 15) is 0 Å². The normalized spacial score (nSPS) is 19.1. The minimum absolute atomic E-state index is 0.291. The predicted molar refractivity (Wildman–Crippen MR) is 59.3 cm³/mol. The molecule has 0 unspecified atom stereocenters. The number of hydrogen-bond acceptors (Lipinski definition) is 1. The van der Waals surface area contributed by atoms with E-state index in [0.717, 1.165) is 6.54 Å². The fourth-order valence-electron chi connectivity index (χ4n) is 2.12. The Hall–Kier alpha value is -0.760. The highest BCUT2D eigenvalue weighted by atomic mass is 15.2. The van der Waals surface area contributed by atoms with Crippen molar-refractivity contribution < 1.29 is 0 Å². The molecule has 1 aliphatic rings. The molecule has 0 saturated heterocycles. The molecular weight excluding hydrogens is 172 g/mol. The van der Waals surface area contributed by atoms with Crippen LogP contribution in [0.1, 0.15) is 38.4 Å². The monoisotopic (exact) mass is 192 g/mol. The first-order valence-corrected chi connectivity index (χ1v) is 5.47. The van der Waals surface area contributed by atoms with Gasteiger partial charge in [0.2, 0.25) is 0 Å². The van der Waals surface area contributed by atoms with Crippen molar-refractivity contribution >= 4 is 0 Å². The zero-order valence-electron chi connectivity index (χ0n) is 9.43. The van der Waals surface area contributed by atoms with Gasteiger partial charge in [0.1, 0.15) is 0 Å². The number of nitrogens with zero attached hydrogens (tertiary/aromatic N) is 1. The van der Waals surface area contributed by atoms with E-state index in [4.69, 9.17) is 0 Å². The molecule has 0 spiro atoms. The van der Waals surface area contributed by atoms with Gasteiger partial charge in [-0.05, 0) is 51.8 Å². The summed E-state index contributed by atoms with van der Waals surface area (Å²) in [5.74, 6) is 0. The third-order valence-electron chi connectivity index (χ3n) is 3.09. The number of H-pyrrole nitrogens is 1. The second-order valence-electron chi connectivity index (χ2n) is 5.18. The first-order chi connectivity index (χ1) is 6.57. The lowest BCUT2D eigenvalue weighted by atomic mass is 10.1. The van der Waals surface area contributed by atoms with Gasteiger partial charge in [0.15, 0.2) is 0 Å².